The van der Waals surface area contributed by atoms with E-state index in [9.17, 15) is 9.59 Å². The average Bonchev–Trinajstić information content (AvgIpc) is 2.95. The number of nitrogens with zero attached hydrogens (tertiary/aromatic N) is 2. The van der Waals surface area contributed by atoms with E-state index in [0.29, 0.717) is 0 Å². The first kappa shape index (κ1) is 18.2. The maximum Gasteiger partial charge on any atom is 0.267 e. The quantitative estimate of drug-likeness (QED) is 0.674. The first-order valence-corrected chi connectivity index (χ1v) is 10.7. The molecule has 2 aliphatic carbocycles. The standard InChI is InChI=1S/C23H26N4O2/c28-21(14-27-22(29)13-15-7-2-1-3-10-18(15)26-27)24-20-12-6-9-17-16-8-4-5-11-19(16)25-23(17)20/h4-5,8,11,13,20,25H,1-3,6-7,9-10,12,14H2,(H,24,28)/t20-/m0/s1. The molecule has 0 unspecified atom stereocenters. The van der Waals surface area contributed by atoms with Gasteiger partial charge in [0, 0.05) is 22.7 Å². The van der Waals surface area contributed by atoms with Gasteiger partial charge in [-0.25, -0.2) is 4.68 Å². The van der Waals surface area contributed by atoms with Crippen LogP contribution in [0, 0.1) is 0 Å². The summed E-state index contributed by atoms with van der Waals surface area (Å²) in [6.07, 6.45) is 8.13. The highest BCUT2D eigenvalue weighted by molar-refractivity contribution is 5.85. The summed E-state index contributed by atoms with van der Waals surface area (Å²) in [5, 5.41) is 8.90. The zero-order valence-electron chi connectivity index (χ0n) is 16.5. The van der Waals surface area contributed by atoms with E-state index >= 15 is 0 Å². The van der Waals surface area contributed by atoms with Crippen molar-refractivity contribution in [3.05, 3.63) is 63.2 Å². The van der Waals surface area contributed by atoms with E-state index in [1.54, 1.807) is 6.07 Å². The molecule has 1 amide bonds. The van der Waals surface area contributed by atoms with Gasteiger partial charge in [0.05, 0.1) is 11.7 Å². The third-order valence-electron chi connectivity index (χ3n) is 6.27. The number of H-pyrrole nitrogens is 1. The van der Waals surface area contributed by atoms with Crippen molar-refractivity contribution < 1.29 is 4.79 Å². The summed E-state index contributed by atoms with van der Waals surface area (Å²) in [5.41, 5.74) is 5.37. The molecule has 0 radical (unpaired) electrons. The van der Waals surface area contributed by atoms with Crippen molar-refractivity contribution in [3.63, 3.8) is 0 Å². The highest BCUT2D eigenvalue weighted by Gasteiger charge is 2.25. The van der Waals surface area contributed by atoms with Crippen LogP contribution in [-0.4, -0.2) is 20.7 Å². The molecular formula is C23H26N4O2. The third-order valence-corrected chi connectivity index (χ3v) is 6.27. The van der Waals surface area contributed by atoms with Crippen molar-refractivity contribution in [1.82, 2.24) is 20.1 Å². The smallest absolute Gasteiger partial charge is 0.267 e. The first-order valence-electron chi connectivity index (χ1n) is 10.7. The number of hydrogen-bond donors (Lipinski definition) is 2. The molecule has 0 bridgehead atoms. The van der Waals surface area contributed by atoms with Crippen LogP contribution in [0.5, 0.6) is 0 Å². The Balaban J connectivity index is 1.36. The molecule has 6 heteroatoms. The molecule has 1 atom stereocenters. The average molecular weight is 390 g/mol. The van der Waals surface area contributed by atoms with Crippen LogP contribution in [0.4, 0.5) is 0 Å². The lowest BCUT2D eigenvalue weighted by Gasteiger charge is -2.24. The van der Waals surface area contributed by atoms with Crippen molar-refractivity contribution >= 4 is 16.8 Å². The summed E-state index contributed by atoms with van der Waals surface area (Å²) in [7, 11) is 0. The molecule has 0 spiro atoms. The number of amides is 1. The van der Waals surface area contributed by atoms with Crippen LogP contribution in [0.3, 0.4) is 0 Å². The Morgan fingerprint density at radius 1 is 1.14 bits per heavy atom. The zero-order chi connectivity index (χ0) is 19.8. The van der Waals surface area contributed by atoms with E-state index in [1.807, 2.05) is 6.07 Å². The molecule has 0 saturated heterocycles. The van der Waals surface area contributed by atoms with Crippen LogP contribution in [0.15, 0.2) is 35.1 Å². The minimum Gasteiger partial charge on any atom is -0.356 e. The van der Waals surface area contributed by atoms with Gasteiger partial charge < -0.3 is 10.3 Å². The highest BCUT2D eigenvalue weighted by Crippen LogP contribution is 2.34. The van der Waals surface area contributed by atoms with E-state index in [0.717, 1.165) is 67.4 Å². The van der Waals surface area contributed by atoms with E-state index in [1.165, 1.54) is 22.1 Å². The largest absolute Gasteiger partial charge is 0.356 e. The van der Waals surface area contributed by atoms with E-state index < -0.39 is 0 Å². The van der Waals surface area contributed by atoms with Gasteiger partial charge in [0.15, 0.2) is 0 Å². The second-order valence-corrected chi connectivity index (χ2v) is 8.25. The molecule has 29 heavy (non-hydrogen) atoms. The minimum atomic E-state index is -0.184. The van der Waals surface area contributed by atoms with Gasteiger partial charge in [-0.1, -0.05) is 24.6 Å². The van der Waals surface area contributed by atoms with Gasteiger partial charge in [0.2, 0.25) is 5.91 Å². The SMILES string of the molecule is O=C(Cn1nc2c(cc1=O)CCCCC2)N[C@H]1CCCc2c1[nH]c1ccccc21. The number of carbonyl (C=O) groups excluding carboxylic acids is 1. The molecular weight excluding hydrogens is 364 g/mol. The monoisotopic (exact) mass is 390 g/mol. The Bertz CT molecular complexity index is 1130. The topological polar surface area (TPSA) is 79.8 Å². The lowest BCUT2D eigenvalue weighted by molar-refractivity contribution is -0.122. The van der Waals surface area contributed by atoms with Crippen LogP contribution in [0.25, 0.3) is 10.9 Å². The molecule has 1 aromatic carbocycles. The number of para-hydroxylation sites is 1. The van der Waals surface area contributed by atoms with Crippen molar-refractivity contribution in [2.45, 2.75) is 64.0 Å². The maximum atomic E-state index is 12.8. The summed E-state index contributed by atoms with van der Waals surface area (Å²) in [4.78, 5) is 28.7. The Kier molecular flexibility index (Phi) is 4.70. The third kappa shape index (κ3) is 3.48. The zero-order valence-corrected chi connectivity index (χ0v) is 16.5. The Morgan fingerprint density at radius 2 is 2.00 bits per heavy atom. The predicted octanol–water partition coefficient (Wildman–Crippen LogP) is 3.19. The molecule has 2 heterocycles. The van der Waals surface area contributed by atoms with Crippen LogP contribution < -0.4 is 10.9 Å². The predicted molar refractivity (Wildman–Crippen MR) is 112 cm³/mol. The summed E-state index contributed by atoms with van der Waals surface area (Å²) >= 11 is 0. The molecule has 0 fully saturated rings. The van der Waals surface area contributed by atoms with Gasteiger partial charge in [-0.15, -0.1) is 0 Å². The number of rotatable bonds is 3. The summed E-state index contributed by atoms with van der Waals surface area (Å²) in [6.45, 7) is -0.0296. The molecule has 0 aliphatic heterocycles. The summed E-state index contributed by atoms with van der Waals surface area (Å²) < 4.78 is 1.33. The normalized spacial score (nSPS) is 18.7. The molecule has 2 aromatic heterocycles. The van der Waals surface area contributed by atoms with Gasteiger partial charge in [0.25, 0.3) is 5.56 Å². The fraction of sp³-hybridized carbons (Fsp3) is 0.435. The number of hydrogen-bond acceptors (Lipinski definition) is 3. The summed E-state index contributed by atoms with van der Waals surface area (Å²) in [5.74, 6) is -0.162. The Labute approximate surface area is 169 Å². The van der Waals surface area contributed by atoms with Crippen molar-refractivity contribution in [3.8, 4) is 0 Å². The van der Waals surface area contributed by atoms with Crippen LogP contribution in [-0.2, 0) is 30.6 Å². The molecule has 6 nitrogen and oxygen atoms in total. The Hall–Kier alpha value is -2.89. The fourth-order valence-corrected chi connectivity index (χ4v) is 4.83. The number of nitrogens with one attached hydrogen (secondary N) is 2. The lowest BCUT2D eigenvalue weighted by Crippen LogP contribution is -2.37. The minimum absolute atomic E-state index is 0.0296. The molecule has 0 saturated carbocycles. The van der Waals surface area contributed by atoms with Gasteiger partial charge >= 0.3 is 0 Å². The van der Waals surface area contributed by atoms with Crippen molar-refractivity contribution in [1.29, 1.82) is 0 Å². The molecule has 150 valence electrons. The second-order valence-electron chi connectivity index (χ2n) is 8.25. The van der Waals surface area contributed by atoms with Gasteiger partial charge in [-0.05, 0) is 62.1 Å². The van der Waals surface area contributed by atoms with E-state index in [-0.39, 0.29) is 24.1 Å². The number of aromatic nitrogens is 3. The fourth-order valence-electron chi connectivity index (χ4n) is 4.83. The van der Waals surface area contributed by atoms with E-state index in [2.05, 4.69) is 33.6 Å². The number of aromatic amines is 1. The van der Waals surface area contributed by atoms with Crippen molar-refractivity contribution in [2.24, 2.45) is 0 Å². The van der Waals surface area contributed by atoms with Crippen LogP contribution in [0.1, 0.15) is 60.7 Å². The summed E-state index contributed by atoms with van der Waals surface area (Å²) in [6, 6.07) is 9.91. The highest BCUT2D eigenvalue weighted by atomic mass is 16.2. The molecule has 5 rings (SSSR count). The Morgan fingerprint density at radius 3 is 2.93 bits per heavy atom. The number of aryl methyl sites for hydroxylation is 3. The lowest BCUT2D eigenvalue weighted by atomic mass is 9.91. The van der Waals surface area contributed by atoms with Gasteiger partial charge in [0.1, 0.15) is 6.54 Å². The van der Waals surface area contributed by atoms with E-state index in [4.69, 9.17) is 0 Å². The maximum absolute atomic E-state index is 12.8. The van der Waals surface area contributed by atoms with Crippen molar-refractivity contribution in [2.75, 3.05) is 0 Å². The number of benzene rings is 1. The van der Waals surface area contributed by atoms with Crippen LogP contribution in [0.2, 0.25) is 0 Å². The van der Waals surface area contributed by atoms with Crippen LogP contribution >= 0.6 is 0 Å². The second kappa shape index (κ2) is 7.50. The number of carbonyl (C=O) groups is 1. The first-order chi connectivity index (χ1) is 14.2. The molecule has 2 aliphatic rings. The van der Waals surface area contributed by atoms with Gasteiger partial charge in [-0.2, -0.15) is 5.10 Å². The number of fused-ring (bicyclic) bond motifs is 4. The van der Waals surface area contributed by atoms with Gasteiger partial charge in [-0.3, -0.25) is 9.59 Å². The molecule has 2 N–H and O–H groups in total. The molecule has 3 aromatic rings.